The van der Waals surface area contributed by atoms with E-state index >= 15 is 0 Å². The van der Waals surface area contributed by atoms with Gasteiger partial charge < -0.3 is 14.5 Å². The summed E-state index contributed by atoms with van der Waals surface area (Å²) >= 11 is 3.48. The number of aromatic nitrogens is 3. The number of hydrogen-bond acceptors (Lipinski definition) is 2. The van der Waals surface area contributed by atoms with E-state index in [1.807, 2.05) is 46.0 Å². The number of carbonyl (C=O) groups is 1. The molecular weight excluding hydrogens is 380 g/mol. The SMILES string of the molecule is CCn1cc(Br)cc1C(=O)N1CCCC(c2nc3ccccc3[nH]2)C1. The molecule has 1 saturated heterocycles. The number of carbonyl (C=O) groups excluding carboxylic acids is 1. The van der Waals surface area contributed by atoms with Gasteiger partial charge in [0.25, 0.3) is 5.91 Å². The van der Waals surface area contributed by atoms with Crippen molar-refractivity contribution < 1.29 is 4.79 Å². The largest absolute Gasteiger partial charge is 0.343 e. The molecule has 1 amide bonds. The number of amides is 1. The Kier molecular flexibility index (Phi) is 4.37. The summed E-state index contributed by atoms with van der Waals surface area (Å²) in [6, 6.07) is 9.99. The van der Waals surface area contributed by atoms with Crippen molar-refractivity contribution in [3.05, 3.63) is 52.5 Å². The molecule has 2 aromatic heterocycles. The highest BCUT2D eigenvalue weighted by atomic mass is 79.9. The predicted molar refractivity (Wildman–Crippen MR) is 102 cm³/mol. The molecule has 0 spiro atoms. The van der Waals surface area contributed by atoms with Gasteiger partial charge in [0.15, 0.2) is 0 Å². The van der Waals surface area contributed by atoms with E-state index in [0.717, 1.165) is 53.0 Å². The van der Waals surface area contributed by atoms with Gasteiger partial charge in [-0.2, -0.15) is 0 Å². The molecule has 130 valence electrons. The lowest BCUT2D eigenvalue weighted by molar-refractivity contribution is 0.0694. The zero-order valence-corrected chi connectivity index (χ0v) is 15.8. The Bertz CT molecular complexity index is 880. The smallest absolute Gasteiger partial charge is 0.270 e. The van der Waals surface area contributed by atoms with Crippen LogP contribution in [0.25, 0.3) is 11.0 Å². The van der Waals surface area contributed by atoms with Gasteiger partial charge in [0, 0.05) is 36.2 Å². The minimum Gasteiger partial charge on any atom is -0.343 e. The number of fused-ring (bicyclic) bond motifs is 1. The fourth-order valence-electron chi connectivity index (χ4n) is 3.63. The summed E-state index contributed by atoms with van der Waals surface area (Å²) in [5, 5.41) is 0. The van der Waals surface area contributed by atoms with Crippen LogP contribution in [-0.2, 0) is 6.54 Å². The first-order chi connectivity index (χ1) is 12.2. The minimum absolute atomic E-state index is 0.105. The molecule has 4 rings (SSSR count). The van der Waals surface area contributed by atoms with Gasteiger partial charge in [-0.3, -0.25) is 4.79 Å². The number of benzene rings is 1. The van der Waals surface area contributed by atoms with Gasteiger partial charge in [0.2, 0.25) is 0 Å². The summed E-state index contributed by atoms with van der Waals surface area (Å²) in [6.07, 6.45) is 4.03. The molecule has 1 N–H and O–H groups in total. The van der Waals surface area contributed by atoms with E-state index in [-0.39, 0.29) is 11.8 Å². The van der Waals surface area contributed by atoms with Gasteiger partial charge in [-0.05, 0) is 53.9 Å². The highest BCUT2D eigenvalue weighted by Crippen LogP contribution is 2.28. The van der Waals surface area contributed by atoms with Crippen molar-refractivity contribution in [2.24, 2.45) is 0 Å². The standard InChI is InChI=1S/C19H21BrN4O/c1-2-23-12-14(20)10-17(23)19(25)24-9-5-6-13(11-24)18-21-15-7-3-4-8-16(15)22-18/h3-4,7-8,10,12-13H,2,5-6,9,11H2,1H3,(H,21,22). The highest BCUT2D eigenvalue weighted by Gasteiger charge is 2.28. The zero-order valence-electron chi connectivity index (χ0n) is 14.2. The average Bonchev–Trinajstić information content (AvgIpc) is 3.24. The van der Waals surface area contributed by atoms with Crippen LogP contribution in [0.1, 0.15) is 42.0 Å². The molecule has 0 bridgehead atoms. The van der Waals surface area contributed by atoms with E-state index in [1.165, 1.54) is 0 Å². The van der Waals surface area contributed by atoms with Crippen molar-refractivity contribution in [3.8, 4) is 0 Å². The number of nitrogens with one attached hydrogen (secondary N) is 1. The predicted octanol–water partition coefficient (Wildman–Crippen LogP) is 4.17. The van der Waals surface area contributed by atoms with Crippen LogP contribution in [0, 0.1) is 0 Å². The van der Waals surface area contributed by atoms with Crippen LogP contribution in [0.15, 0.2) is 41.0 Å². The number of piperidine rings is 1. The molecule has 1 fully saturated rings. The van der Waals surface area contributed by atoms with Crippen molar-refractivity contribution in [1.82, 2.24) is 19.4 Å². The molecule has 0 saturated carbocycles. The first-order valence-corrected chi connectivity index (χ1v) is 9.54. The van der Waals surface area contributed by atoms with Crippen molar-refractivity contribution in [2.45, 2.75) is 32.2 Å². The van der Waals surface area contributed by atoms with Crippen molar-refractivity contribution >= 4 is 32.9 Å². The topological polar surface area (TPSA) is 53.9 Å². The molecule has 1 atom stereocenters. The van der Waals surface area contributed by atoms with E-state index in [0.29, 0.717) is 6.54 Å². The summed E-state index contributed by atoms with van der Waals surface area (Å²) in [4.78, 5) is 23.1. The zero-order chi connectivity index (χ0) is 17.4. The number of likely N-dealkylation sites (tertiary alicyclic amines) is 1. The Hall–Kier alpha value is -2.08. The minimum atomic E-state index is 0.105. The number of hydrogen-bond donors (Lipinski definition) is 1. The number of para-hydroxylation sites is 2. The van der Waals surface area contributed by atoms with E-state index < -0.39 is 0 Å². The van der Waals surface area contributed by atoms with Crippen LogP contribution in [0.5, 0.6) is 0 Å². The first kappa shape index (κ1) is 16.4. The van der Waals surface area contributed by atoms with Gasteiger partial charge in [-0.15, -0.1) is 0 Å². The number of aryl methyl sites for hydroxylation is 1. The molecule has 3 aromatic rings. The van der Waals surface area contributed by atoms with Crippen LogP contribution in [0.4, 0.5) is 0 Å². The maximum absolute atomic E-state index is 13.0. The summed E-state index contributed by atoms with van der Waals surface area (Å²) in [5.41, 5.74) is 2.80. The van der Waals surface area contributed by atoms with E-state index in [4.69, 9.17) is 4.98 Å². The fourth-order valence-corrected chi connectivity index (χ4v) is 4.09. The third-order valence-corrected chi connectivity index (χ3v) is 5.36. The normalized spacial score (nSPS) is 18.0. The van der Waals surface area contributed by atoms with Crippen molar-refractivity contribution in [2.75, 3.05) is 13.1 Å². The van der Waals surface area contributed by atoms with Gasteiger partial charge in [-0.25, -0.2) is 4.98 Å². The Morgan fingerprint density at radius 2 is 2.24 bits per heavy atom. The van der Waals surface area contributed by atoms with E-state index in [1.54, 1.807) is 0 Å². The lowest BCUT2D eigenvalue weighted by atomic mass is 9.97. The molecule has 1 aliphatic heterocycles. The Morgan fingerprint density at radius 1 is 1.40 bits per heavy atom. The van der Waals surface area contributed by atoms with Gasteiger partial charge in [0.1, 0.15) is 11.5 Å². The molecule has 25 heavy (non-hydrogen) atoms. The molecule has 0 radical (unpaired) electrons. The number of nitrogens with zero attached hydrogens (tertiary/aromatic N) is 3. The molecule has 6 heteroatoms. The molecule has 1 aromatic carbocycles. The molecular formula is C19H21BrN4O. The van der Waals surface area contributed by atoms with Crippen molar-refractivity contribution in [3.63, 3.8) is 0 Å². The number of aromatic amines is 1. The van der Waals surface area contributed by atoms with Gasteiger partial charge >= 0.3 is 0 Å². The second kappa shape index (κ2) is 6.67. The lowest BCUT2D eigenvalue weighted by Crippen LogP contribution is -2.40. The maximum atomic E-state index is 13.0. The lowest BCUT2D eigenvalue weighted by Gasteiger charge is -2.32. The Balaban J connectivity index is 1.57. The molecule has 3 heterocycles. The van der Waals surface area contributed by atoms with E-state index in [2.05, 4.69) is 27.8 Å². The van der Waals surface area contributed by atoms with Gasteiger partial charge in [-0.1, -0.05) is 12.1 Å². The first-order valence-electron chi connectivity index (χ1n) is 8.75. The quantitative estimate of drug-likeness (QED) is 0.717. The second-order valence-electron chi connectivity index (χ2n) is 6.56. The number of halogens is 1. The number of H-pyrrole nitrogens is 1. The summed E-state index contributed by atoms with van der Waals surface area (Å²) in [6.45, 7) is 4.36. The molecule has 1 unspecified atom stereocenters. The van der Waals surface area contributed by atoms with Crippen LogP contribution in [0.2, 0.25) is 0 Å². The van der Waals surface area contributed by atoms with Crippen LogP contribution >= 0.6 is 15.9 Å². The monoisotopic (exact) mass is 400 g/mol. The summed E-state index contributed by atoms with van der Waals surface area (Å²) in [7, 11) is 0. The maximum Gasteiger partial charge on any atom is 0.270 e. The van der Waals surface area contributed by atoms with Crippen LogP contribution in [-0.4, -0.2) is 38.4 Å². The van der Waals surface area contributed by atoms with Gasteiger partial charge in [0.05, 0.1) is 11.0 Å². The van der Waals surface area contributed by atoms with Crippen LogP contribution < -0.4 is 0 Å². The Labute approximate surface area is 155 Å². The van der Waals surface area contributed by atoms with Crippen LogP contribution in [0.3, 0.4) is 0 Å². The fraction of sp³-hybridized carbons (Fsp3) is 0.368. The average molecular weight is 401 g/mol. The second-order valence-corrected chi connectivity index (χ2v) is 7.47. The third kappa shape index (κ3) is 3.11. The molecule has 5 nitrogen and oxygen atoms in total. The molecule has 0 aliphatic carbocycles. The highest BCUT2D eigenvalue weighted by molar-refractivity contribution is 9.10. The number of imidazole rings is 1. The van der Waals surface area contributed by atoms with E-state index in [9.17, 15) is 4.79 Å². The summed E-state index contributed by atoms with van der Waals surface area (Å²) in [5.74, 6) is 1.36. The summed E-state index contributed by atoms with van der Waals surface area (Å²) < 4.78 is 2.94. The van der Waals surface area contributed by atoms with Crippen molar-refractivity contribution in [1.29, 1.82) is 0 Å². The third-order valence-electron chi connectivity index (χ3n) is 4.93. The molecule has 1 aliphatic rings. The number of rotatable bonds is 3. The Morgan fingerprint density at radius 3 is 3.04 bits per heavy atom.